The molecule has 1 fully saturated rings. The zero-order valence-corrected chi connectivity index (χ0v) is 13.0. The molecule has 0 N–H and O–H groups in total. The number of carbonyl (C=O) groups excluding carboxylic acids is 1. The minimum atomic E-state index is 0. The Bertz CT molecular complexity index is 236. The molecule has 0 radical (unpaired) electrons. The van der Waals surface area contributed by atoms with E-state index in [-0.39, 0.29) is 62.6 Å². The van der Waals surface area contributed by atoms with Crippen LogP contribution >= 0.6 is 0 Å². The molecule has 16 heavy (non-hydrogen) atoms. The zero-order valence-electron chi connectivity index (χ0n) is 9.27. The molecule has 1 aromatic rings. The second kappa shape index (κ2) is 13.5. The number of likely N-dealkylation sites (tertiary alicyclic amines) is 1. The van der Waals surface area contributed by atoms with Crippen molar-refractivity contribution in [2.45, 2.75) is 12.8 Å². The molecule has 1 aromatic heterocycles. The summed E-state index contributed by atoms with van der Waals surface area (Å²) in [4.78, 5) is 16.0. The maximum absolute atomic E-state index is 10.5. The first kappa shape index (κ1) is 21.7. The van der Waals surface area contributed by atoms with Gasteiger partial charge >= 0.3 is 37.7 Å². The smallest absolute Gasteiger partial charge is 1.00 e. The second-order valence-electron chi connectivity index (χ2n) is 2.94. The summed E-state index contributed by atoms with van der Waals surface area (Å²) >= 11 is 0. The summed E-state index contributed by atoms with van der Waals surface area (Å²) in [6.45, 7) is 0.957. The van der Waals surface area contributed by atoms with Crippen LogP contribution in [0, 0.1) is 0 Å². The number of nitrogens with zero attached hydrogens (tertiary/aromatic N) is 2. The van der Waals surface area contributed by atoms with Crippen molar-refractivity contribution in [1.82, 2.24) is 9.88 Å². The number of aromatic nitrogens is 1. The molecule has 3 nitrogen and oxygen atoms in total. The van der Waals surface area contributed by atoms with E-state index in [1.165, 1.54) is 0 Å². The third-order valence-corrected chi connectivity index (χ3v) is 1.88. The molecule has 0 unspecified atom stereocenters. The predicted octanol–water partition coefficient (Wildman–Crippen LogP) is -5.05. The zero-order chi connectivity index (χ0) is 9.52. The Morgan fingerprint density at radius 1 is 1.19 bits per heavy atom. The molecule has 0 aliphatic carbocycles. The summed E-state index contributed by atoms with van der Waals surface area (Å²) in [5.74, 6) is 0.292. The number of hydrogen-bond acceptors (Lipinski definition) is 2. The minimum absolute atomic E-state index is 0. The van der Waals surface area contributed by atoms with E-state index in [0.717, 1.165) is 19.4 Å². The second-order valence-corrected chi connectivity index (χ2v) is 2.94. The number of carbonyl (C=O) groups is 1. The van der Waals surface area contributed by atoms with Gasteiger partial charge in [0.05, 0.1) is 0 Å². The van der Waals surface area contributed by atoms with Crippen LogP contribution in [0.4, 0.5) is 0 Å². The van der Waals surface area contributed by atoms with E-state index in [9.17, 15) is 4.79 Å². The normalized spacial score (nSPS) is 12.3. The summed E-state index contributed by atoms with van der Waals surface area (Å²) in [6.07, 6.45) is 5.31. The Morgan fingerprint density at radius 3 is 1.88 bits per heavy atom. The van der Waals surface area contributed by atoms with Crippen LogP contribution in [-0.2, 0) is 4.79 Å². The van der Waals surface area contributed by atoms with Gasteiger partial charge in [-0.2, -0.15) is 0 Å². The van der Waals surface area contributed by atoms with Crippen molar-refractivity contribution in [3.05, 3.63) is 30.6 Å². The third kappa shape index (κ3) is 9.67. The fourth-order valence-electron chi connectivity index (χ4n) is 1.10. The van der Waals surface area contributed by atoms with Crippen molar-refractivity contribution in [3.8, 4) is 0 Å². The summed E-state index contributed by atoms with van der Waals surface area (Å²) in [5, 5.41) is 0. The van der Waals surface area contributed by atoms with Crippen molar-refractivity contribution in [2.75, 3.05) is 13.6 Å². The van der Waals surface area contributed by atoms with Crippen LogP contribution in [0.2, 0.25) is 0 Å². The van der Waals surface area contributed by atoms with Gasteiger partial charge in [0, 0.05) is 32.4 Å². The summed E-state index contributed by atoms with van der Waals surface area (Å²) in [6, 6.07) is 5.72. The van der Waals surface area contributed by atoms with E-state index in [1.807, 2.05) is 25.2 Å². The largest absolute Gasteiger partial charge is 2.00 e. The molecule has 1 saturated heterocycles. The maximum Gasteiger partial charge on any atom is 2.00 e. The number of rotatable bonds is 0. The molecule has 0 spiro atoms. The molecule has 1 aliphatic rings. The van der Waals surface area contributed by atoms with Gasteiger partial charge in [0.2, 0.25) is 5.91 Å². The van der Waals surface area contributed by atoms with E-state index in [1.54, 1.807) is 17.3 Å². The minimum Gasteiger partial charge on any atom is -1.00 e. The Balaban J connectivity index is -0.000000179. The molecule has 2 heterocycles. The van der Waals surface area contributed by atoms with Gasteiger partial charge in [-0.1, -0.05) is 6.07 Å². The van der Waals surface area contributed by atoms with Gasteiger partial charge in [-0.15, -0.1) is 0 Å². The van der Waals surface area contributed by atoms with Gasteiger partial charge in [0.1, 0.15) is 0 Å². The molecule has 0 saturated carbocycles. The Labute approximate surface area is 139 Å². The molecule has 0 atom stereocenters. The molecule has 6 heteroatoms. The van der Waals surface area contributed by atoms with Crippen LogP contribution in [-0.4, -0.2) is 67.1 Å². The quantitative estimate of drug-likeness (QED) is 0.448. The molecule has 0 bridgehead atoms. The van der Waals surface area contributed by atoms with E-state index < -0.39 is 0 Å². The average molecular weight is 289 g/mol. The Morgan fingerprint density at radius 2 is 1.75 bits per heavy atom. The van der Waals surface area contributed by atoms with Crippen molar-refractivity contribution in [2.24, 2.45) is 0 Å². The third-order valence-electron chi connectivity index (χ3n) is 1.88. The molecule has 1 amide bonds. The van der Waals surface area contributed by atoms with Crippen molar-refractivity contribution < 1.29 is 29.6 Å². The molecular weight excluding hydrogens is 275 g/mol. The van der Waals surface area contributed by atoms with Crippen LogP contribution in [0.1, 0.15) is 12.8 Å². The first-order valence-corrected chi connectivity index (χ1v) is 4.39. The summed E-state index contributed by atoms with van der Waals surface area (Å²) in [5.41, 5.74) is 0. The van der Waals surface area contributed by atoms with Gasteiger partial charge in [-0.25, -0.2) is 0 Å². The van der Waals surface area contributed by atoms with Crippen LogP contribution in [0.25, 0.3) is 0 Å². The fourth-order valence-corrected chi connectivity index (χ4v) is 1.10. The average Bonchev–Trinajstić information content (AvgIpc) is 2.55. The molecule has 86 valence electrons. The van der Waals surface area contributed by atoms with Crippen LogP contribution in [0.3, 0.4) is 0 Å². The Kier molecular flexibility index (Phi) is 18.4. The Hall–Kier alpha value is 0.460. The molecular formula is C10H14CaCl2N2O. The molecule has 0 aromatic carbocycles. The number of hydrogen-bond donors (Lipinski definition) is 0. The first-order chi connectivity index (χ1) is 6.30. The monoisotopic (exact) mass is 288 g/mol. The number of halogens is 2. The van der Waals surface area contributed by atoms with E-state index in [0.29, 0.717) is 5.91 Å². The van der Waals surface area contributed by atoms with Gasteiger partial charge in [-0.3, -0.25) is 9.78 Å². The summed E-state index contributed by atoms with van der Waals surface area (Å²) in [7, 11) is 1.84. The van der Waals surface area contributed by atoms with Gasteiger partial charge in [0.15, 0.2) is 0 Å². The van der Waals surface area contributed by atoms with Gasteiger partial charge in [0.25, 0.3) is 0 Å². The van der Waals surface area contributed by atoms with Crippen molar-refractivity contribution >= 4 is 43.6 Å². The molecule has 1 aliphatic heterocycles. The standard InChI is InChI=1S/C5H9NO.C5H5N.Ca.2ClH/c1-6-4-2-3-5(6)7;1-2-4-6-5-3-1;;;/h2-4H2,1H3;1-5H;;2*1H/q;;+2;;/p-2. The van der Waals surface area contributed by atoms with Crippen molar-refractivity contribution in [1.29, 1.82) is 0 Å². The van der Waals surface area contributed by atoms with E-state index >= 15 is 0 Å². The predicted molar refractivity (Wildman–Crippen MR) is 56.9 cm³/mol. The van der Waals surface area contributed by atoms with Gasteiger partial charge in [-0.05, 0) is 18.6 Å². The number of pyridine rings is 1. The number of amides is 1. The van der Waals surface area contributed by atoms with E-state index in [4.69, 9.17) is 0 Å². The first-order valence-electron chi connectivity index (χ1n) is 4.39. The van der Waals surface area contributed by atoms with Crippen molar-refractivity contribution in [3.63, 3.8) is 0 Å². The van der Waals surface area contributed by atoms with Crippen LogP contribution < -0.4 is 24.8 Å². The van der Waals surface area contributed by atoms with Crippen LogP contribution in [0.5, 0.6) is 0 Å². The molecule has 2 rings (SSSR count). The topological polar surface area (TPSA) is 33.2 Å². The van der Waals surface area contributed by atoms with E-state index in [2.05, 4.69) is 4.98 Å². The van der Waals surface area contributed by atoms with Gasteiger partial charge < -0.3 is 29.7 Å². The SMILES string of the molecule is CN1CCCC1=O.[Ca+2].[Cl-].[Cl-].c1ccncc1. The van der Waals surface area contributed by atoms with Crippen LogP contribution in [0.15, 0.2) is 30.6 Å². The summed E-state index contributed by atoms with van der Waals surface area (Å²) < 4.78 is 0. The maximum atomic E-state index is 10.5. The fraction of sp³-hybridized carbons (Fsp3) is 0.400.